The Morgan fingerprint density at radius 2 is 1.88 bits per heavy atom. The minimum Gasteiger partial charge on any atom is -0.315 e. The van der Waals surface area contributed by atoms with Gasteiger partial charge in [0.25, 0.3) is 0 Å². The molecule has 16 heavy (non-hydrogen) atoms. The predicted octanol–water partition coefficient (Wildman–Crippen LogP) is 2.74. The van der Waals surface area contributed by atoms with Crippen molar-refractivity contribution < 1.29 is 0 Å². The van der Waals surface area contributed by atoms with Crippen LogP contribution in [-0.2, 0) is 6.54 Å². The van der Waals surface area contributed by atoms with Crippen LogP contribution >= 0.6 is 11.6 Å². The average Bonchev–Trinajstić information content (AvgIpc) is 2.26. The highest BCUT2D eigenvalue weighted by atomic mass is 35.5. The minimum atomic E-state index is 0.811. The summed E-state index contributed by atoms with van der Waals surface area (Å²) in [5.41, 5.74) is 2.57. The highest BCUT2D eigenvalue weighted by molar-refractivity contribution is 6.30. The molecule has 0 spiro atoms. The Hall–Kier alpha value is -0.570. The van der Waals surface area contributed by atoms with Crippen molar-refractivity contribution in [1.29, 1.82) is 0 Å². The summed E-state index contributed by atoms with van der Waals surface area (Å²) < 4.78 is 0. The monoisotopic (exact) mass is 240 g/mol. The lowest BCUT2D eigenvalue weighted by Crippen LogP contribution is -2.27. The highest BCUT2D eigenvalue weighted by Gasteiger charge is 1.98. The Kier molecular flexibility index (Phi) is 6.46. The van der Waals surface area contributed by atoms with E-state index in [0.717, 1.165) is 31.2 Å². The molecule has 0 unspecified atom stereocenters. The molecule has 90 valence electrons. The first-order valence-electron chi connectivity index (χ1n) is 5.90. The van der Waals surface area contributed by atoms with E-state index in [1.54, 1.807) is 0 Å². The summed E-state index contributed by atoms with van der Waals surface area (Å²) in [6, 6.07) is 6.04. The second-order valence-electron chi connectivity index (χ2n) is 4.00. The normalized spacial score (nSPS) is 10.7. The Balaban J connectivity index is 2.21. The van der Waals surface area contributed by atoms with Gasteiger partial charge in [0.15, 0.2) is 0 Å². The van der Waals surface area contributed by atoms with Crippen LogP contribution in [0.2, 0.25) is 5.02 Å². The molecule has 0 saturated carbocycles. The van der Waals surface area contributed by atoms with Crippen LogP contribution in [0.4, 0.5) is 0 Å². The van der Waals surface area contributed by atoms with E-state index < -0.39 is 0 Å². The maximum Gasteiger partial charge on any atom is 0.0408 e. The van der Waals surface area contributed by atoms with Crippen LogP contribution in [0.25, 0.3) is 0 Å². The van der Waals surface area contributed by atoms with E-state index in [-0.39, 0.29) is 0 Å². The molecule has 0 radical (unpaired) electrons. The molecule has 0 amide bonds. The topological polar surface area (TPSA) is 24.1 Å². The maximum atomic E-state index is 5.91. The molecule has 0 aliphatic rings. The molecular formula is C13H21ClN2. The highest BCUT2D eigenvalue weighted by Crippen LogP contribution is 2.14. The lowest BCUT2D eigenvalue weighted by atomic mass is 10.1. The fraction of sp³-hybridized carbons (Fsp3) is 0.538. The second kappa shape index (κ2) is 7.66. The number of nitrogens with one attached hydrogen (secondary N) is 2. The van der Waals surface area contributed by atoms with Gasteiger partial charge in [0.2, 0.25) is 0 Å². The summed E-state index contributed by atoms with van der Waals surface area (Å²) in [6.07, 6.45) is 1.19. The zero-order valence-corrected chi connectivity index (χ0v) is 10.9. The van der Waals surface area contributed by atoms with Gasteiger partial charge < -0.3 is 10.6 Å². The van der Waals surface area contributed by atoms with Crippen molar-refractivity contribution in [3.63, 3.8) is 0 Å². The number of aryl methyl sites for hydroxylation is 1. The van der Waals surface area contributed by atoms with Crippen LogP contribution in [-0.4, -0.2) is 19.6 Å². The third-order valence-electron chi connectivity index (χ3n) is 2.53. The van der Waals surface area contributed by atoms with Crippen LogP contribution < -0.4 is 10.6 Å². The standard InChI is InChI=1S/C13H21ClN2/c1-3-6-15-7-8-16-10-12-4-5-13(14)9-11(12)2/h4-5,9,15-16H,3,6-8,10H2,1-2H3. The SMILES string of the molecule is CCCNCCNCc1ccc(Cl)cc1C. The van der Waals surface area contributed by atoms with Gasteiger partial charge >= 0.3 is 0 Å². The molecule has 0 aromatic heterocycles. The van der Waals surface area contributed by atoms with Crippen molar-refractivity contribution in [2.24, 2.45) is 0 Å². The number of hydrogen-bond acceptors (Lipinski definition) is 2. The van der Waals surface area contributed by atoms with Gasteiger partial charge in [-0.1, -0.05) is 24.6 Å². The summed E-state index contributed by atoms with van der Waals surface area (Å²) in [5, 5.41) is 7.59. The van der Waals surface area contributed by atoms with Gasteiger partial charge in [-0.25, -0.2) is 0 Å². The van der Waals surface area contributed by atoms with Crippen LogP contribution in [0.15, 0.2) is 18.2 Å². The first kappa shape index (κ1) is 13.5. The molecule has 1 aromatic carbocycles. The summed E-state index contributed by atoms with van der Waals surface area (Å²) in [4.78, 5) is 0. The molecule has 0 bridgehead atoms. The lowest BCUT2D eigenvalue weighted by Gasteiger charge is -2.08. The van der Waals surface area contributed by atoms with Gasteiger partial charge in [0.05, 0.1) is 0 Å². The first-order chi connectivity index (χ1) is 7.74. The third-order valence-corrected chi connectivity index (χ3v) is 2.76. The summed E-state index contributed by atoms with van der Waals surface area (Å²) in [5.74, 6) is 0. The van der Waals surface area contributed by atoms with Crippen LogP contribution in [0.3, 0.4) is 0 Å². The molecule has 1 rings (SSSR count). The van der Waals surface area contributed by atoms with Gasteiger partial charge in [0, 0.05) is 24.7 Å². The van der Waals surface area contributed by atoms with Crippen molar-refractivity contribution in [2.45, 2.75) is 26.8 Å². The largest absolute Gasteiger partial charge is 0.315 e. The minimum absolute atomic E-state index is 0.811. The maximum absolute atomic E-state index is 5.91. The molecule has 0 fully saturated rings. The Morgan fingerprint density at radius 1 is 1.12 bits per heavy atom. The second-order valence-corrected chi connectivity index (χ2v) is 4.43. The Labute approximate surface area is 103 Å². The average molecular weight is 241 g/mol. The van der Waals surface area contributed by atoms with Crippen LogP contribution in [0.5, 0.6) is 0 Å². The van der Waals surface area contributed by atoms with Crippen molar-refractivity contribution in [2.75, 3.05) is 19.6 Å². The Bertz CT molecular complexity index is 313. The summed E-state index contributed by atoms with van der Waals surface area (Å²) in [7, 11) is 0. The molecule has 0 aliphatic heterocycles. The molecule has 1 aromatic rings. The van der Waals surface area contributed by atoms with Gasteiger partial charge in [-0.15, -0.1) is 0 Å². The zero-order valence-electron chi connectivity index (χ0n) is 10.1. The van der Waals surface area contributed by atoms with E-state index in [4.69, 9.17) is 11.6 Å². The lowest BCUT2D eigenvalue weighted by molar-refractivity contribution is 0.606. The van der Waals surface area contributed by atoms with Gasteiger partial charge in [-0.05, 0) is 43.1 Å². The molecular weight excluding hydrogens is 220 g/mol. The molecule has 2 N–H and O–H groups in total. The van der Waals surface area contributed by atoms with Crippen molar-refractivity contribution in [3.05, 3.63) is 34.3 Å². The van der Waals surface area contributed by atoms with Crippen molar-refractivity contribution >= 4 is 11.6 Å². The Morgan fingerprint density at radius 3 is 2.56 bits per heavy atom. The predicted molar refractivity (Wildman–Crippen MR) is 71.1 cm³/mol. The van der Waals surface area contributed by atoms with Crippen LogP contribution in [0, 0.1) is 6.92 Å². The number of benzene rings is 1. The molecule has 2 nitrogen and oxygen atoms in total. The fourth-order valence-electron chi connectivity index (χ4n) is 1.56. The quantitative estimate of drug-likeness (QED) is 0.717. The summed E-state index contributed by atoms with van der Waals surface area (Å²) in [6.45, 7) is 8.32. The third kappa shape index (κ3) is 4.97. The molecule has 0 saturated heterocycles. The smallest absolute Gasteiger partial charge is 0.0408 e. The number of hydrogen-bond donors (Lipinski definition) is 2. The van der Waals surface area contributed by atoms with E-state index in [1.165, 1.54) is 17.5 Å². The van der Waals surface area contributed by atoms with Crippen LogP contribution in [0.1, 0.15) is 24.5 Å². The number of halogens is 1. The van der Waals surface area contributed by atoms with Gasteiger partial charge in [-0.3, -0.25) is 0 Å². The first-order valence-corrected chi connectivity index (χ1v) is 6.28. The van der Waals surface area contributed by atoms with E-state index in [1.807, 2.05) is 12.1 Å². The fourth-order valence-corrected chi connectivity index (χ4v) is 1.79. The molecule has 3 heteroatoms. The molecule has 0 atom stereocenters. The summed E-state index contributed by atoms with van der Waals surface area (Å²) >= 11 is 5.91. The van der Waals surface area contributed by atoms with E-state index in [9.17, 15) is 0 Å². The van der Waals surface area contributed by atoms with E-state index in [2.05, 4.69) is 30.5 Å². The van der Waals surface area contributed by atoms with Crippen molar-refractivity contribution in [3.8, 4) is 0 Å². The number of rotatable bonds is 7. The van der Waals surface area contributed by atoms with E-state index >= 15 is 0 Å². The van der Waals surface area contributed by atoms with E-state index in [0.29, 0.717) is 0 Å². The molecule has 0 aliphatic carbocycles. The zero-order chi connectivity index (χ0) is 11.8. The van der Waals surface area contributed by atoms with Crippen molar-refractivity contribution in [1.82, 2.24) is 10.6 Å². The van der Waals surface area contributed by atoms with Gasteiger partial charge in [0.1, 0.15) is 0 Å². The molecule has 0 heterocycles. The van der Waals surface area contributed by atoms with Gasteiger partial charge in [-0.2, -0.15) is 0 Å².